The lowest BCUT2D eigenvalue weighted by Gasteiger charge is -2.08. The molecular weight excluding hydrogens is 318 g/mol. The van der Waals surface area contributed by atoms with Crippen LogP contribution in [0.5, 0.6) is 0 Å². The summed E-state index contributed by atoms with van der Waals surface area (Å²) in [5.74, 6) is 0.996. The molecule has 0 atom stereocenters. The lowest BCUT2D eigenvalue weighted by Crippen LogP contribution is -2.26. The van der Waals surface area contributed by atoms with Gasteiger partial charge in [0, 0.05) is 18.0 Å². The molecular formula is C19H23N3OS. The first-order chi connectivity index (χ1) is 11.6. The van der Waals surface area contributed by atoms with Gasteiger partial charge in [0.2, 0.25) is 0 Å². The van der Waals surface area contributed by atoms with Crippen LogP contribution in [0.3, 0.4) is 0 Å². The Labute approximate surface area is 146 Å². The van der Waals surface area contributed by atoms with E-state index in [9.17, 15) is 4.79 Å². The summed E-state index contributed by atoms with van der Waals surface area (Å²) in [5, 5.41) is 3.03. The molecule has 1 amide bonds. The SMILES string of the molecule is CCCc1cc(C(=O)NCCn2c(C)nc3ccccc32)sc1C. The third kappa shape index (κ3) is 3.36. The summed E-state index contributed by atoms with van der Waals surface area (Å²) in [7, 11) is 0. The fourth-order valence-corrected chi connectivity index (χ4v) is 3.98. The van der Waals surface area contributed by atoms with Crippen LogP contribution in [0.4, 0.5) is 0 Å². The van der Waals surface area contributed by atoms with E-state index in [2.05, 4.69) is 34.8 Å². The summed E-state index contributed by atoms with van der Waals surface area (Å²) in [6.07, 6.45) is 2.14. The van der Waals surface area contributed by atoms with Crippen molar-refractivity contribution in [2.75, 3.05) is 6.54 Å². The van der Waals surface area contributed by atoms with Gasteiger partial charge in [-0.3, -0.25) is 4.79 Å². The van der Waals surface area contributed by atoms with Gasteiger partial charge in [-0.2, -0.15) is 0 Å². The maximum absolute atomic E-state index is 12.4. The average Bonchev–Trinajstić information content (AvgIpc) is 3.08. The Bertz CT molecular complexity index is 863. The van der Waals surface area contributed by atoms with E-state index in [0.717, 1.165) is 41.1 Å². The summed E-state index contributed by atoms with van der Waals surface area (Å²) >= 11 is 1.58. The maximum Gasteiger partial charge on any atom is 0.261 e. The number of amides is 1. The van der Waals surface area contributed by atoms with E-state index in [0.29, 0.717) is 6.54 Å². The van der Waals surface area contributed by atoms with Crippen LogP contribution in [0.1, 0.15) is 39.3 Å². The first-order valence-corrected chi connectivity index (χ1v) is 9.21. The third-order valence-corrected chi connectivity index (χ3v) is 5.32. The van der Waals surface area contributed by atoms with E-state index >= 15 is 0 Å². The van der Waals surface area contributed by atoms with Crippen molar-refractivity contribution in [1.29, 1.82) is 0 Å². The topological polar surface area (TPSA) is 46.9 Å². The second kappa shape index (κ2) is 7.18. The number of thiophene rings is 1. The molecule has 126 valence electrons. The molecule has 2 aromatic heterocycles. The highest BCUT2D eigenvalue weighted by molar-refractivity contribution is 7.14. The summed E-state index contributed by atoms with van der Waals surface area (Å²) in [6, 6.07) is 10.1. The highest BCUT2D eigenvalue weighted by atomic mass is 32.1. The molecule has 0 bridgehead atoms. The van der Waals surface area contributed by atoms with Gasteiger partial charge in [-0.25, -0.2) is 4.98 Å². The molecule has 2 heterocycles. The van der Waals surface area contributed by atoms with Crippen LogP contribution in [0.2, 0.25) is 0 Å². The molecule has 0 aliphatic heterocycles. The monoisotopic (exact) mass is 341 g/mol. The normalized spacial score (nSPS) is 11.1. The van der Waals surface area contributed by atoms with Crippen molar-refractivity contribution in [3.8, 4) is 0 Å². The number of imidazole rings is 1. The molecule has 0 fully saturated rings. The predicted molar refractivity (Wildman–Crippen MR) is 99.9 cm³/mol. The van der Waals surface area contributed by atoms with Gasteiger partial charge in [-0.15, -0.1) is 11.3 Å². The second-order valence-electron chi connectivity index (χ2n) is 6.00. The average molecular weight is 341 g/mol. The zero-order chi connectivity index (χ0) is 17.1. The first kappa shape index (κ1) is 16.7. The Balaban J connectivity index is 1.64. The molecule has 0 saturated heterocycles. The third-order valence-electron chi connectivity index (χ3n) is 4.23. The number of hydrogen-bond donors (Lipinski definition) is 1. The Morgan fingerprint density at radius 1 is 1.29 bits per heavy atom. The lowest BCUT2D eigenvalue weighted by atomic mass is 10.1. The summed E-state index contributed by atoms with van der Waals surface area (Å²) < 4.78 is 2.15. The molecule has 1 aromatic carbocycles. The number of carbonyl (C=O) groups is 1. The van der Waals surface area contributed by atoms with E-state index in [1.54, 1.807) is 11.3 Å². The Hall–Kier alpha value is -2.14. The van der Waals surface area contributed by atoms with Crippen molar-refractivity contribution in [2.45, 2.75) is 40.2 Å². The lowest BCUT2D eigenvalue weighted by molar-refractivity contribution is 0.0956. The van der Waals surface area contributed by atoms with Crippen LogP contribution >= 0.6 is 11.3 Å². The first-order valence-electron chi connectivity index (χ1n) is 8.39. The fourth-order valence-electron chi connectivity index (χ4n) is 3.00. The minimum atomic E-state index is 0.0209. The highest BCUT2D eigenvalue weighted by Crippen LogP contribution is 2.22. The van der Waals surface area contributed by atoms with Crippen molar-refractivity contribution in [3.63, 3.8) is 0 Å². The molecule has 0 spiro atoms. The van der Waals surface area contributed by atoms with E-state index in [1.807, 2.05) is 31.2 Å². The minimum Gasteiger partial charge on any atom is -0.350 e. The zero-order valence-electron chi connectivity index (χ0n) is 14.4. The number of rotatable bonds is 6. The summed E-state index contributed by atoms with van der Waals surface area (Å²) in [4.78, 5) is 19.0. The summed E-state index contributed by atoms with van der Waals surface area (Å²) in [6.45, 7) is 7.58. The van der Waals surface area contributed by atoms with Crippen LogP contribution in [0.15, 0.2) is 30.3 Å². The molecule has 24 heavy (non-hydrogen) atoms. The molecule has 0 unspecified atom stereocenters. The van der Waals surface area contributed by atoms with Gasteiger partial charge in [0.25, 0.3) is 5.91 Å². The van der Waals surface area contributed by atoms with Gasteiger partial charge >= 0.3 is 0 Å². The number of nitrogens with one attached hydrogen (secondary N) is 1. The van der Waals surface area contributed by atoms with Crippen molar-refractivity contribution in [3.05, 3.63) is 51.5 Å². The number of fused-ring (bicyclic) bond motifs is 1. The van der Waals surface area contributed by atoms with Crippen LogP contribution in [-0.2, 0) is 13.0 Å². The number of hydrogen-bond acceptors (Lipinski definition) is 3. The summed E-state index contributed by atoms with van der Waals surface area (Å²) in [5.41, 5.74) is 3.41. The standard InChI is InChI=1S/C19H23N3OS/c1-4-7-15-12-18(24-13(15)2)19(23)20-10-11-22-14(3)21-16-8-5-6-9-17(16)22/h5-6,8-9,12H,4,7,10-11H2,1-3H3,(H,20,23). The van der Waals surface area contributed by atoms with Crippen molar-refractivity contribution >= 4 is 28.3 Å². The van der Waals surface area contributed by atoms with E-state index < -0.39 is 0 Å². The molecule has 0 saturated carbocycles. The molecule has 0 aliphatic carbocycles. The van der Waals surface area contributed by atoms with Crippen molar-refractivity contribution < 1.29 is 4.79 Å². The number of aromatic nitrogens is 2. The molecule has 5 heteroatoms. The number of nitrogens with zero attached hydrogens (tertiary/aromatic N) is 2. The van der Waals surface area contributed by atoms with Gasteiger partial charge in [-0.1, -0.05) is 25.5 Å². The molecule has 4 nitrogen and oxygen atoms in total. The van der Waals surface area contributed by atoms with Crippen molar-refractivity contribution in [1.82, 2.24) is 14.9 Å². The van der Waals surface area contributed by atoms with Gasteiger partial charge in [0.15, 0.2) is 0 Å². The Morgan fingerprint density at radius 2 is 2.08 bits per heavy atom. The minimum absolute atomic E-state index is 0.0209. The number of carbonyl (C=O) groups excluding carboxylic acids is 1. The van der Waals surface area contributed by atoms with Crippen LogP contribution in [0, 0.1) is 13.8 Å². The van der Waals surface area contributed by atoms with Gasteiger partial charge in [0.1, 0.15) is 5.82 Å². The predicted octanol–water partition coefficient (Wildman–Crippen LogP) is 4.10. The Kier molecular flexibility index (Phi) is 5.00. The molecule has 1 N–H and O–H groups in total. The van der Waals surface area contributed by atoms with E-state index in [4.69, 9.17) is 0 Å². The van der Waals surface area contributed by atoms with E-state index in [-0.39, 0.29) is 5.91 Å². The molecule has 3 rings (SSSR count). The van der Waals surface area contributed by atoms with E-state index in [1.165, 1.54) is 10.4 Å². The smallest absolute Gasteiger partial charge is 0.261 e. The van der Waals surface area contributed by atoms with Crippen molar-refractivity contribution in [2.24, 2.45) is 0 Å². The van der Waals surface area contributed by atoms with Gasteiger partial charge < -0.3 is 9.88 Å². The molecule has 3 aromatic rings. The molecule has 0 radical (unpaired) electrons. The fraction of sp³-hybridized carbons (Fsp3) is 0.368. The van der Waals surface area contributed by atoms with Crippen LogP contribution < -0.4 is 5.32 Å². The van der Waals surface area contributed by atoms with Crippen LogP contribution in [0.25, 0.3) is 11.0 Å². The Morgan fingerprint density at radius 3 is 2.88 bits per heavy atom. The maximum atomic E-state index is 12.4. The number of benzene rings is 1. The largest absolute Gasteiger partial charge is 0.350 e. The van der Waals surface area contributed by atoms with Crippen LogP contribution in [-0.4, -0.2) is 22.0 Å². The second-order valence-corrected chi connectivity index (χ2v) is 7.25. The number of aryl methyl sites for hydroxylation is 3. The van der Waals surface area contributed by atoms with Gasteiger partial charge in [-0.05, 0) is 44.0 Å². The number of para-hydroxylation sites is 2. The van der Waals surface area contributed by atoms with Gasteiger partial charge in [0.05, 0.1) is 15.9 Å². The molecule has 0 aliphatic rings. The highest BCUT2D eigenvalue weighted by Gasteiger charge is 2.12. The quantitative estimate of drug-likeness (QED) is 0.734. The zero-order valence-corrected chi connectivity index (χ0v) is 15.2.